The van der Waals surface area contributed by atoms with Crippen LogP contribution in [0.25, 0.3) is 0 Å². The van der Waals surface area contributed by atoms with Crippen molar-refractivity contribution < 1.29 is 24.2 Å². The van der Waals surface area contributed by atoms with E-state index in [0.29, 0.717) is 23.5 Å². The SMILES string of the molecule is COc1ccc(N2CC(C(=O)Nc3ccc(CC(=O)O)cc3)CC2=O)cc1. The van der Waals surface area contributed by atoms with Crippen LogP contribution in [-0.4, -0.2) is 36.5 Å². The van der Waals surface area contributed by atoms with E-state index in [-0.39, 0.29) is 24.7 Å². The van der Waals surface area contributed by atoms with Crippen LogP contribution in [0, 0.1) is 5.92 Å². The first-order chi connectivity index (χ1) is 13.0. The topological polar surface area (TPSA) is 95.9 Å². The number of carbonyl (C=O) groups is 3. The highest BCUT2D eigenvalue weighted by Gasteiger charge is 2.35. The number of aliphatic carboxylic acids is 1. The number of carboxylic acid groups (broad SMARTS) is 1. The smallest absolute Gasteiger partial charge is 0.307 e. The fourth-order valence-corrected chi connectivity index (χ4v) is 3.02. The minimum atomic E-state index is -0.908. The van der Waals surface area contributed by atoms with Gasteiger partial charge in [0.15, 0.2) is 0 Å². The monoisotopic (exact) mass is 368 g/mol. The van der Waals surface area contributed by atoms with E-state index in [0.717, 1.165) is 5.69 Å². The van der Waals surface area contributed by atoms with Crippen LogP contribution in [0.2, 0.25) is 0 Å². The highest BCUT2D eigenvalue weighted by molar-refractivity contribution is 6.03. The number of rotatable bonds is 6. The lowest BCUT2D eigenvalue weighted by atomic mass is 10.1. The van der Waals surface area contributed by atoms with Gasteiger partial charge in [0.1, 0.15) is 5.75 Å². The van der Waals surface area contributed by atoms with Crippen LogP contribution < -0.4 is 15.0 Å². The van der Waals surface area contributed by atoms with E-state index in [1.54, 1.807) is 60.5 Å². The Hall–Kier alpha value is -3.35. The molecule has 140 valence electrons. The van der Waals surface area contributed by atoms with Crippen molar-refractivity contribution in [1.29, 1.82) is 0 Å². The predicted octanol–water partition coefficient (Wildman–Crippen LogP) is 2.31. The van der Waals surface area contributed by atoms with Gasteiger partial charge in [-0.2, -0.15) is 0 Å². The van der Waals surface area contributed by atoms with Crippen LogP contribution >= 0.6 is 0 Å². The van der Waals surface area contributed by atoms with E-state index >= 15 is 0 Å². The quantitative estimate of drug-likeness (QED) is 0.816. The van der Waals surface area contributed by atoms with Gasteiger partial charge in [0, 0.05) is 24.3 Å². The summed E-state index contributed by atoms with van der Waals surface area (Å²) in [5.41, 5.74) is 1.96. The molecule has 1 aliphatic rings. The van der Waals surface area contributed by atoms with E-state index in [4.69, 9.17) is 9.84 Å². The van der Waals surface area contributed by atoms with Gasteiger partial charge in [0.2, 0.25) is 11.8 Å². The van der Waals surface area contributed by atoms with Crippen LogP contribution in [0.4, 0.5) is 11.4 Å². The standard InChI is InChI=1S/C20H20N2O5/c1-27-17-8-6-16(7-9-17)22-12-14(11-18(22)23)20(26)21-15-4-2-13(3-5-15)10-19(24)25/h2-9,14H,10-12H2,1H3,(H,21,26)(H,24,25). The Labute approximate surface area is 156 Å². The molecule has 0 aliphatic carbocycles. The average Bonchev–Trinajstić information content (AvgIpc) is 3.05. The van der Waals surface area contributed by atoms with Gasteiger partial charge in [-0.3, -0.25) is 14.4 Å². The minimum Gasteiger partial charge on any atom is -0.497 e. The van der Waals surface area contributed by atoms with Gasteiger partial charge in [-0.1, -0.05) is 12.1 Å². The zero-order chi connectivity index (χ0) is 19.4. The van der Waals surface area contributed by atoms with Crippen LogP contribution in [0.3, 0.4) is 0 Å². The molecular weight excluding hydrogens is 348 g/mol. The van der Waals surface area contributed by atoms with Gasteiger partial charge < -0.3 is 20.1 Å². The molecule has 1 fully saturated rings. The van der Waals surface area contributed by atoms with Crippen molar-refractivity contribution >= 4 is 29.2 Å². The maximum Gasteiger partial charge on any atom is 0.307 e. The molecule has 2 amide bonds. The van der Waals surface area contributed by atoms with Crippen molar-refractivity contribution in [3.05, 3.63) is 54.1 Å². The van der Waals surface area contributed by atoms with Crippen LogP contribution in [-0.2, 0) is 20.8 Å². The minimum absolute atomic E-state index is 0.0673. The lowest BCUT2D eigenvalue weighted by Crippen LogP contribution is -2.28. The zero-order valence-electron chi connectivity index (χ0n) is 14.8. The third kappa shape index (κ3) is 4.44. The molecular formula is C20H20N2O5. The number of methoxy groups -OCH3 is 1. The number of nitrogens with zero attached hydrogens (tertiary/aromatic N) is 1. The summed E-state index contributed by atoms with van der Waals surface area (Å²) in [5.74, 6) is -0.985. The second kappa shape index (κ2) is 7.90. The van der Waals surface area contributed by atoms with Crippen LogP contribution in [0.1, 0.15) is 12.0 Å². The number of hydrogen-bond donors (Lipinski definition) is 2. The lowest BCUT2D eigenvalue weighted by Gasteiger charge is -2.17. The molecule has 7 nitrogen and oxygen atoms in total. The Balaban J connectivity index is 1.62. The van der Waals surface area contributed by atoms with E-state index in [1.165, 1.54) is 0 Å². The number of benzene rings is 2. The third-order valence-corrected chi connectivity index (χ3v) is 4.46. The Kier molecular flexibility index (Phi) is 5.40. The molecule has 1 aliphatic heterocycles. The molecule has 1 atom stereocenters. The first-order valence-corrected chi connectivity index (χ1v) is 8.52. The molecule has 1 saturated heterocycles. The summed E-state index contributed by atoms with van der Waals surface area (Å²) in [4.78, 5) is 37.1. The fourth-order valence-electron chi connectivity index (χ4n) is 3.02. The summed E-state index contributed by atoms with van der Waals surface area (Å²) in [5, 5.41) is 11.6. The van der Waals surface area contributed by atoms with Crippen molar-refractivity contribution in [1.82, 2.24) is 0 Å². The number of anilines is 2. The molecule has 0 aromatic heterocycles. The predicted molar refractivity (Wildman–Crippen MR) is 99.9 cm³/mol. The molecule has 27 heavy (non-hydrogen) atoms. The highest BCUT2D eigenvalue weighted by Crippen LogP contribution is 2.27. The Bertz CT molecular complexity index is 846. The Morgan fingerprint density at radius 3 is 2.41 bits per heavy atom. The second-order valence-corrected chi connectivity index (χ2v) is 6.36. The fraction of sp³-hybridized carbons (Fsp3) is 0.250. The van der Waals surface area contributed by atoms with Crippen molar-refractivity contribution in [3.8, 4) is 5.75 Å². The third-order valence-electron chi connectivity index (χ3n) is 4.46. The number of nitrogens with one attached hydrogen (secondary N) is 1. The maximum atomic E-state index is 12.5. The Morgan fingerprint density at radius 1 is 1.15 bits per heavy atom. The van der Waals surface area contributed by atoms with Gasteiger partial charge in [-0.05, 0) is 42.0 Å². The van der Waals surface area contributed by atoms with Gasteiger partial charge in [0.25, 0.3) is 0 Å². The van der Waals surface area contributed by atoms with Crippen molar-refractivity contribution in [2.75, 3.05) is 23.9 Å². The summed E-state index contributed by atoms with van der Waals surface area (Å²) in [6.07, 6.45) is 0.0805. The van der Waals surface area contributed by atoms with Crippen LogP contribution in [0.5, 0.6) is 5.75 Å². The molecule has 0 bridgehead atoms. The van der Waals surface area contributed by atoms with Crippen molar-refractivity contribution in [2.24, 2.45) is 5.92 Å². The van der Waals surface area contributed by atoms with Crippen molar-refractivity contribution in [3.63, 3.8) is 0 Å². The van der Waals surface area contributed by atoms with E-state index in [2.05, 4.69) is 5.32 Å². The molecule has 2 aromatic carbocycles. The summed E-state index contributed by atoms with van der Waals surface area (Å²) in [7, 11) is 1.57. The van der Waals surface area contributed by atoms with E-state index in [9.17, 15) is 14.4 Å². The van der Waals surface area contributed by atoms with Gasteiger partial charge in [0.05, 0.1) is 19.4 Å². The Morgan fingerprint density at radius 2 is 1.81 bits per heavy atom. The normalized spacial score (nSPS) is 16.3. The molecule has 2 N–H and O–H groups in total. The number of ether oxygens (including phenoxy) is 1. The molecule has 0 saturated carbocycles. The number of hydrogen-bond acceptors (Lipinski definition) is 4. The molecule has 3 rings (SSSR count). The molecule has 7 heteroatoms. The van der Waals surface area contributed by atoms with Crippen LogP contribution in [0.15, 0.2) is 48.5 Å². The van der Waals surface area contributed by atoms with Gasteiger partial charge in [-0.15, -0.1) is 0 Å². The summed E-state index contributed by atoms with van der Waals surface area (Å²) in [6, 6.07) is 13.8. The summed E-state index contributed by atoms with van der Waals surface area (Å²) in [6.45, 7) is 0.314. The van der Waals surface area contributed by atoms with E-state index < -0.39 is 11.9 Å². The van der Waals surface area contributed by atoms with Crippen molar-refractivity contribution in [2.45, 2.75) is 12.8 Å². The maximum absolute atomic E-state index is 12.5. The molecule has 1 unspecified atom stereocenters. The van der Waals surface area contributed by atoms with Gasteiger partial charge >= 0.3 is 5.97 Å². The number of carbonyl (C=O) groups excluding carboxylic acids is 2. The van der Waals surface area contributed by atoms with E-state index in [1.807, 2.05) is 0 Å². The first-order valence-electron chi connectivity index (χ1n) is 8.52. The lowest BCUT2D eigenvalue weighted by molar-refractivity contribution is -0.136. The number of carboxylic acids is 1. The molecule has 2 aromatic rings. The molecule has 0 radical (unpaired) electrons. The zero-order valence-corrected chi connectivity index (χ0v) is 14.8. The van der Waals surface area contributed by atoms with Gasteiger partial charge in [-0.25, -0.2) is 0 Å². The molecule has 0 spiro atoms. The molecule has 1 heterocycles. The average molecular weight is 368 g/mol. The summed E-state index contributed by atoms with van der Waals surface area (Å²) >= 11 is 0. The summed E-state index contributed by atoms with van der Waals surface area (Å²) < 4.78 is 5.11. The second-order valence-electron chi connectivity index (χ2n) is 6.36. The number of amides is 2. The largest absolute Gasteiger partial charge is 0.497 e. The highest BCUT2D eigenvalue weighted by atomic mass is 16.5. The first kappa shape index (κ1) is 18.4.